The molecule has 2 aromatic heterocycles. The van der Waals surface area contributed by atoms with Crippen molar-refractivity contribution in [2.75, 3.05) is 6.61 Å². The van der Waals surface area contributed by atoms with E-state index in [9.17, 15) is 0 Å². The third kappa shape index (κ3) is 3.85. The summed E-state index contributed by atoms with van der Waals surface area (Å²) >= 11 is 6.06. The van der Waals surface area contributed by atoms with E-state index in [1.807, 2.05) is 43.5 Å². The van der Waals surface area contributed by atoms with Gasteiger partial charge in [-0.15, -0.1) is 10.2 Å². The van der Waals surface area contributed by atoms with Crippen LogP contribution in [-0.4, -0.2) is 32.3 Å². The average molecular weight is 380 g/mol. The quantitative estimate of drug-likeness (QED) is 0.473. The maximum absolute atomic E-state index is 6.06. The summed E-state index contributed by atoms with van der Waals surface area (Å²) in [4.78, 5) is 0. The van der Waals surface area contributed by atoms with Gasteiger partial charge >= 0.3 is 0 Å². The summed E-state index contributed by atoms with van der Waals surface area (Å²) in [6, 6.07) is 13.9. The van der Waals surface area contributed by atoms with Gasteiger partial charge in [-0.1, -0.05) is 29.8 Å². The normalized spacial score (nSPS) is 11.5. The Balaban J connectivity index is 1.52. The number of nitrogens with zero attached hydrogens (tertiary/aromatic N) is 5. The van der Waals surface area contributed by atoms with E-state index in [4.69, 9.17) is 16.3 Å². The second-order valence-corrected chi connectivity index (χ2v) is 6.55. The maximum atomic E-state index is 6.06. The molecule has 7 heteroatoms. The highest BCUT2D eigenvalue weighted by atomic mass is 35.5. The highest BCUT2D eigenvalue weighted by Crippen LogP contribution is 2.22. The number of fused-ring (bicyclic) bond motifs is 1. The molecule has 4 aromatic rings. The van der Waals surface area contributed by atoms with Crippen molar-refractivity contribution in [1.29, 1.82) is 0 Å². The molecule has 0 saturated carbocycles. The van der Waals surface area contributed by atoms with Gasteiger partial charge in [0, 0.05) is 27.7 Å². The van der Waals surface area contributed by atoms with Crippen molar-refractivity contribution in [3.8, 4) is 5.75 Å². The molecule has 0 fully saturated rings. The third-order valence-corrected chi connectivity index (χ3v) is 4.71. The van der Waals surface area contributed by atoms with Crippen molar-refractivity contribution in [3.63, 3.8) is 0 Å². The molecule has 0 spiro atoms. The van der Waals surface area contributed by atoms with Gasteiger partial charge in [0.05, 0.1) is 12.8 Å². The largest absolute Gasteiger partial charge is 0.492 e. The summed E-state index contributed by atoms with van der Waals surface area (Å²) in [6.07, 6.45) is 7.00. The fraction of sp³-hybridized carbons (Fsp3) is 0.150. The van der Waals surface area contributed by atoms with Crippen LogP contribution in [-0.2, 0) is 6.54 Å². The lowest BCUT2D eigenvalue weighted by atomic mass is 10.2. The minimum atomic E-state index is 0.557. The standard InChI is InChI=1S/C20H18ClN5O/c1-15-10-17(6-7-19(15)21)27-9-8-25-12-16(11-24-26-13-22-23-14-26)18-4-2-3-5-20(18)25/h2-7,10-14H,8-9H2,1H3/b24-11+. The molecule has 0 bridgehead atoms. The number of hydrogen-bond donors (Lipinski definition) is 0. The molecule has 0 aliphatic heterocycles. The van der Waals surface area contributed by atoms with E-state index in [1.54, 1.807) is 17.3 Å². The minimum Gasteiger partial charge on any atom is -0.492 e. The van der Waals surface area contributed by atoms with Gasteiger partial charge in [0.15, 0.2) is 0 Å². The Morgan fingerprint density at radius 1 is 1.15 bits per heavy atom. The first-order valence-corrected chi connectivity index (χ1v) is 8.94. The van der Waals surface area contributed by atoms with Gasteiger partial charge in [-0.2, -0.15) is 5.10 Å². The van der Waals surface area contributed by atoms with Gasteiger partial charge < -0.3 is 9.30 Å². The SMILES string of the molecule is Cc1cc(OCCn2cc(/C=N/n3cnnc3)c3ccccc32)ccc1Cl. The van der Waals surface area contributed by atoms with Crippen LogP contribution in [0.4, 0.5) is 0 Å². The van der Waals surface area contributed by atoms with Crippen LogP contribution in [0, 0.1) is 6.92 Å². The van der Waals surface area contributed by atoms with E-state index in [0.717, 1.165) is 39.3 Å². The molecule has 0 aliphatic carbocycles. The minimum absolute atomic E-state index is 0.557. The Kier molecular flexibility index (Phi) is 4.89. The van der Waals surface area contributed by atoms with Crippen LogP contribution in [0.5, 0.6) is 5.75 Å². The lowest BCUT2D eigenvalue weighted by molar-refractivity contribution is 0.300. The highest BCUT2D eigenvalue weighted by molar-refractivity contribution is 6.31. The van der Waals surface area contributed by atoms with Crippen molar-refractivity contribution < 1.29 is 4.74 Å². The van der Waals surface area contributed by atoms with Gasteiger partial charge in [0.1, 0.15) is 25.0 Å². The molecule has 27 heavy (non-hydrogen) atoms. The molecule has 4 rings (SSSR count). The zero-order valence-electron chi connectivity index (χ0n) is 14.8. The highest BCUT2D eigenvalue weighted by Gasteiger charge is 2.07. The summed E-state index contributed by atoms with van der Waals surface area (Å²) in [6.45, 7) is 3.25. The van der Waals surface area contributed by atoms with Gasteiger partial charge in [0.25, 0.3) is 0 Å². The van der Waals surface area contributed by atoms with Crippen molar-refractivity contribution >= 4 is 28.7 Å². The molecular formula is C20H18ClN5O. The number of hydrogen-bond acceptors (Lipinski definition) is 4. The van der Waals surface area contributed by atoms with Crippen molar-refractivity contribution in [2.24, 2.45) is 5.10 Å². The fourth-order valence-electron chi connectivity index (χ4n) is 2.92. The molecule has 0 radical (unpaired) electrons. The summed E-state index contributed by atoms with van der Waals surface area (Å²) in [7, 11) is 0. The number of aromatic nitrogens is 4. The predicted octanol–water partition coefficient (Wildman–Crippen LogP) is 4.16. The maximum Gasteiger partial charge on any atom is 0.141 e. The van der Waals surface area contributed by atoms with Gasteiger partial charge in [-0.3, -0.25) is 0 Å². The third-order valence-electron chi connectivity index (χ3n) is 4.29. The van der Waals surface area contributed by atoms with Gasteiger partial charge in [-0.05, 0) is 36.8 Å². The Bertz CT molecular complexity index is 1090. The first-order chi connectivity index (χ1) is 13.2. The topological polar surface area (TPSA) is 57.2 Å². The van der Waals surface area contributed by atoms with Crippen LogP contribution < -0.4 is 4.74 Å². The molecule has 0 atom stereocenters. The number of aryl methyl sites for hydroxylation is 1. The molecule has 0 amide bonds. The summed E-state index contributed by atoms with van der Waals surface area (Å²) in [5.41, 5.74) is 3.17. The number of rotatable bonds is 6. The first-order valence-electron chi connectivity index (χ1n) is 8.56. The van der Waals surface area contributed by atoms with Crippen LogP contribution >= 0.6 is 11.6 Å². The van der Waals surface area contributed by atoms with Crippen LogP contribution in [0.2, 0.25) is 5.02 Å². The van der Waals surface area contributed by atoms with E-state index in [0.29, 0.717) is 6.61 Å². The molecule has 0 N–H and O–H groups in total. The van der Waals surface area contributed by atoms with Crippen molar-refractivity contribution in [3.05, 3.63) is 77.5 Å². The van der Waals surface area contributed by atoms with Gasteiger partial charge in [0.2, 0.25) is 0 Å². The van der Waals surface area contributed by atoms with Crippen molar-refractivity contribution in [2.45, 2.75) is 13.5 Å². The number of ether oxygens (including phenoxy) is 1. The van der Waals surface area contributed by atoms with Gasteiger partial charge in [-0.25, -0.2) is 4.68 Å². The Morgan fingerprint density at radius 2 is 1.96 bits per heavy atom. The van der Waals surface area contributed by atoms with E-state index in [2.05, 4.69) is 38.2 Å². The number of benzene rings is 2. The lowest BCUT2D eigenvalue weighted by Crippen LogP contribution is -2.07. The Labute approximate surface area is 161 Å². The van der Waals surface area contributed by atoms with Crippen LogP contribution in [0.3, 0.4) is 0 Å². The van der Waals surface area contributed by atoms with Crippen molar-refractivity contribution in [1.82, 2.24) is 19.4 Å². The molecule has 2 heterocycles. The monoisotopic (exact) mass is 379 g/mol. The lowest BCUT2D eigenvalue weighted by Gasteiger charge is -2.09. The molecule has 0 saturated heterocycles. The summed E-state index contributed by atoms with van der Waals surface area (Å²) in [5, 5.41) is 13.7. The van der Waals surface area contributed by atoms with E-state index < -0.39 is 0 Å². The number of halogens is 1. The second kappa shape index (κ2) is 7.63. The Hall–Kier alpha value is -3.12. The molecule has 136 valence electrons. The molecule has 6 nitrogen and oxygen atoms in total. The summed E-state index contributed by atoms with van der Waals surface area (Å²) in [5.74, 6) is 0.822. The molecule has 0 unspecified atom stereocenters. The average Bonchev–Trinajstić information content (AvgIpc) is 3.31. The van der Waals surface area contributed by atoms with Crippen LogP contribution in [0.1, 0.15) is 11.1 Å². The molecule has 0 aliphatic rings. The fourth-order valence-corrected chi connectivity index (χ4v) is 3.03. The first kappa shape index (κ1) is 17.3. The predicted molar refractivity (Wildman–Crippen MR) is 107 cm³/mol. The second-order valence-electron chi connectivity index (χ2n) is 6.14. The zero-order chi connectivity index (χ0) is 18.6. The van der Waals surface area contributed by atoms with Crippen LogP contribution in [0.15, 0.2) is 66.4 Å². The van der Waals surface area contributed by atoms with E-state index >= 15 is 0 Å². The molecular weight excluding hydrogens is 362 g/mol. The van der Waals surface area contributed by atoms with E-state index in [-0.39, 0.29) is 0 Å². The number of para-hydroxylation sites is 1. The molecule has 2 aromatic carbocycles. The van der Waals surface area contributed by atoms with E-state index in [1.165, 1.54) is 0 Å². The zero-order valence-corrected chi connectivity index (χ0v) is 15.5. The Morgan fingerprint density at radius 3 is 2.78 bits per heavy atom. The smallest absolute Gasteiger partial charge is 0.141 e. The summed E-state index contributed by atoms with van der Waals surface area (Å²) < 4.78 is 9.63. The van der Waals surface area contributed by atoms with Crippen LogP contribution in [0.25, 0.3) is 10.9 Å².